The van der Waals surface area contributed by atoms with E-state index in [4.69, 9.17) is 11.6 Å². The molecule has 2 rings (SSSR count). The molecule has 0 aliphatic carbocycles. The molecule has 0 radical (unpaired) electrons. The van der Waals surface area contributed by atoms with Crippen LogP contribution in [0.3, 0.4) is 0 Å². The second kappa shape index (κ2) is 6.42. The summed E-state index contributed by atoms with van der Waals surface area (Å²) in [4.78, 5) is 6.59. The summed E-state index contributed by atoms with van der Waals surface area (Å²) in [5, 5.41) is 5.48. The first kappa shape index (κ1) is 15.1. The Morgan fingerprint density at radius 2 is 2.00 bits per heavy atom. The molecule has 2 aromatic rings. The zero-order valence-corrected chi connectivity index (χ0v) is 13.3. The number of benzene rings is 1. The van der Waals surface area contributed by atoms with Gasteiger partial charge in [-0.3, -0.25) is 4.98 Å². The second-order valence-corrected chi connectivity index (χ2v) is 6.21. The fourth-order valence-corrected chi connectivity index (χ4v) is 2.43. The van der Waals surface area contributed by atoms with Crippen LogP contribution in [0.1, 0.15) is 13.8 Å². The lowest BCUT2D eigenvalue weighted by Crippen LogP contribution is -2.36. The molecule has 0 bridgehead atoms. The van der Waals surface area contributed by atoms with Gasteiger partial charge in [-0.1, -0.05) is 25.4 Å². The van der Waals surface area contributed by atoms with Crippen LogP contribution in [0.15, 0.2) is 30.5 Å². The molecular formula is C16H22ClN3. The Morgan fingerprint density at radius 1 is 1.25 bits per heavy atom. The number of hydrogen-bond acceptors (Lipinski definition) is 3. The molecule has 1 aromatic carbocycles. The molecule has 1 atom stereocenters. The van der Waals surface area contributed by atoms with Gasteiger partial charge in [-0.15, -0.1) is 0 Å². The molecule has 0 aliphatic heterocycles. The lowest BCUT2D eigenvalue weighted by molar-refractivity contribution is 0.345. The highest BCUT2D eigenvalue weighted by Crippen LogP contribution is 2.25. The van der Waals surface area contributed by atoms with Crippen molar-refractivity contribution in [2.45, 2.75) is 19.9 Å². The summed E-state index contributed by atoms with van der Waals surface area (Å²) < 4.78 is 0. The maximum atomic E-state index is 6.03. The molecule has 0 saturated carbocycles. The highest BCUT2D eigenvalue weighted by atomic mass is 35.5. The largest absolute Gasteiger partial charge is 0.380 e. The van der Waals surface area contributed by atoms with Gasteiger partial charge in [0.15, 0.2) is 0 Å². The average molecular weight is 292 g/mol. The van der Waals surface area contributed by atoms with E-state index in [-0.39, 0.29) is 0 Å². The van der Waals surface area contributed by atoms with E-state index < -0.39 is 0 Å². The molecule has 1 unspecified atom stereocenters. The average Bonchev–Trinajstić information content (AvgIpc) is 2.37. The van der Waals surface area contributed by atoms with Gasteiger partial charge in [-0.2, -0.15) is 0 Å². The van der Waals surface area contributed by atoms with Crippen molar-refractivity contribution >= 4 is 28.2 Å². The molecule has 4 heteroatoms. The maximum absolute atomic E-state index is 6.03. The maximum Gasteiger partial charge on any atom is 0.0737 e. The standard InChI is InChI=1S/C16H22ClN3/c1-11(2)16(10-20(3)4)19-14-7-8-18-15-9-12(17)5-6-13(14)15/h5-9,11,16H,10H2,1-4H3,(H,18,19). The number of nitrogens with zero attached hydrogens (tertiary/aromatic N) is 2. The second-order valence-electron chi connectivity index (χ2n) is 5.78. The van der Waals surface area contributed by atoms with Gasteiger partial charge in [0.25, 0.3) is 0 Å². The molecule has 0 spiro atoms. The summed E-state index contributed by atoms with van der Waals surface area (Å²) in [5.41, 5.74) is 2.04. The minimum absolute atomic E-state index is 0.395. The smallest absolute Gasteiger partial charge is 0.0737 e. The third-order valence-electron chi connectivity index (χ3n) is 3.41. The van der Waals surface area contributed by atoms with E-state index in [1.54, 1.807) is 0 Å². The van der Waals surface area contributed by atoms with Gasteiger partial charge in [0, 0.05) is 34.9 Å². The summed E-state index contributed by atoms with van der Waals surface area (Å²) in [5.74, 6) is 0.549. The van der Waals surface area contributed by atoms with Gasteiger partial charge in [0.2, 0.25) is 0 Å². The first-order valence-electron chi connectivity index (χ1n) is 6.93. The number of anilines is 1. The number of pyridine rings is 1. The van der Waals surface area contributed by atoms with Gasteiger partial charge < -0.3 is 10.2 Å². The molecule has 3 nitrogen and oxygen atoms in total. The van der Waals surface area contributed by atoms with Crippen molar-refractivity contribution in [3.8, 4) is 0 Å². The monoisotopic (exact) mass is 291 g/mol. The van der Waals surface area contributed by atoms with Gasteiger partial charge in [0.05, 0.1) is 5.52 Å². The summed E-state index contributed by atoms with van der Waals surface area (Å²) >= 11 is 6.03. The van der Waals surface area contributed by atoms with E-state index in [2.05, 4.69) is 43.1 Å². The Labute approximate surface area is 126 Å². The van der Waals surface area contributed by atoms with Crippen LogP contribution in [0.2, 0.25) is 5.02 Å². The van der Waals surface area contributed by atoms with Crippen molar-refractivity contribution < 1.29 is 0 Å². The van der Waals surface area contributed by atoms with Crippen LogP contribution >= 0.6 is 11.6 Å². The number of halogens is 1. The summed E-state index contributed by atoms with van der Waals surface area (Å²) in [6.07, 6.45) is 1.83. The quantitative estimate of drug-likeness (QED) is 0.906. The molecule has 0 aliphatic rings. The summed E-state index contributed by atoms with van der Waals surface area (Å²) in [6, 6.07) is 8.26. The molecule has 0 fully saturated rings. The zero-order valence-electron chi connectivity index (χ0n) is 12.5. The van der Waals surface area contributed by atoms with Gasteiger partial charge in [-0.05, 0) is 44.3 Å². The highest BCUT2D eigenvalue weighted by molar-refractivity contribution is 6.31. The van der Waals surface area contributed by atoms with E-state index in [0.717, 1.165) is 28.2 Å². The number of likely N-dealkylation sites (N-methyl/N-ethyl adjacent to an activating group) is 1. The first-order valence-corrected chi connectivity index (χ1v) is 7.30. The van der Waals surface area contributed by atoms with Gasteiger partial charge >= 0.3 is 0 Å². The van der Waals surface area contributed by atoms with Crippen molar-refractivity contribution in [2.24, 2.45) is 5.92 Å². The number of rotatable bonds is 5. The molecule has 0 amide bonds. The topological polar surface area (TPSA) is 28.2 Å². The third kappa shape index (κ3) is 3.62. The molecule has 0 saturated heterocycles. The Morgan fingerprint density at radius 3 is 2.65 bits per heavy atom. The van der Waals surface area contributed by atoms with Crippen LogP contribution in [-0.2, 0) is 0 Å². The molecular weight excluding hydrogens is 270 g/mol. The molecule has 108 valence electrons. The van der Waals surface area contributed by atoms with E-state index in [0.29, 0.717) is 12.0 Å². The van der Waals surface area contributed by atoms with Crippen LogP contribution in [0, 0.1) is 5.92 Å². The van der Waals surface area contributed by atoms with Crippen LogP contribution in [0.4, 0.5) is 5.69 Å². The van der Waals surface area contributed by atoms with Crippen LogP contribution in [0.25, 0.3) is 10.9 Å². The predicted molar refractivity (Wildman–Crippen MR) is 87.6 cm³/mol. The molecule has 1 heterocycles. The lowest BCUT2D eigenvalue weighted by Gasteiger charge is -2.27. The Kier molecular flexibility index (Phi) is 4.84. The first-order chi connectivity index (χ1) is 9.47. The molecule has 20 heavy (non-hydrogen) atoms. The van der Waals surface area contributed by atoms with Crippen LogP contribution < -0.4 is 5.32 Å². The van der Waals surface area contributed by atoms with E-state index >= 15 is 0 Å². The zero-order chi connectivity index (χ0) is 14.7. The Balaban J connectivity index is 2.32. The van der Waals surface area contributed by atoms with Crippen molar-refractivity contribution in [1.82, 2.24) is 9.88 Å². The fraction of sp³-hybridized carbons (Fsp3) is 0.438. The predicted octanol–water partition coefficient (Wildman–Crippen LogP) is 3.89. The Bertz CT molecular complexity index is 581. The van der Waals surface area contributed by atoms with E-state index in [9.17, 15) is 0 Å². The van der Waals surface area contributed by atoms with Gasteiger partial charge in [-0.25, -0.2) is 0 Å². The number of nitrogens with one attached hydrogen (secondary N) is 1. The number of aromatic nitrogens is 1. The number of fused-ring (bicyclic) bond motifs is 1. The SMILES string of the molecule is CC(C)C(CN(C)C)Nc1ccnc2cc(Cl)ccc12. The lowest BCUT2D eigenvalue weighted by atomic mass is 10.0. The van der Waals surface area contributed by atoms with Crippen molar-refractivity contribution in [1.29, 1.82) is 0 Å². The number of hydrogen-bond donors (Lipinski definition) is 1. The summed E-state index contributed by atoms with van der Waals surface area (Å²) in [7, 11) is 4.20. The van der Waals surface area contributed by atoms with Crippen molar-refractivity contribution in [2.75, 3.05) is 26.0 Å². The molecule has 1 N–H and O–H groups in total. The van der Waals surface area contributed by atoms with E-state index in [1.165, 1.54) is 0 Å². The minimum Gasteiger partial charge on any atom is -0.380 e. The third-order valence-corrected chi connectivity index (χ3v) is 3.65. The minimum atomic E-state index is 0.395. The molecule has 1 aromatic heterocycles. The van der Waals surface area contributed by atoms with Crippen LogP contribution in [-0.4, -0.2) is 36.6 Å². The highest BCUT2D eigenvalue weighted by Gasteiger charge is 2.15. The van der Waals surface area contributed by atoms with Crippen molar-refractivity contribution in [3.63, 3.8) is 0 Å². The van der Waals surface area contributed by atoms with Crippen LogP contribution in [0.5, 0.6) is 0 Å². The summed E-state index contributed by atoms with van der Waals surface area (Å²) in [6.45, 7) is 5.47. The van der Waals surface area contributed by atoms with Gasteiger partial charge in [0.1, 0.15) is 0 Å². The normalized spacial score (nSPS) is 13.2. The van der Waals surface area contributed by atoms with Crippen molar-refractivity contribution in [3.05, 3.63) is 35.5 Å². The fourth-order valence-electron chi connectivity index (χ4n) is 2.26. The van der Waals surface area contributed by atoms with E-state index in [1.807, 2.05) is 30.5 Å². The Hall–Kier alpha value is -1.32.